The number of anilines is 1. The summed E-state index contributed by atoms with van der Waals surface area (Å²) in [5.74, 6) is -0.396. The molecule has 1 aliphatic heterocycles. The topological polar surface area (TPSA) is 69.7 Å². The van der Waals surface area contributed by atoms with Crippen molar-refractivity contribution in [3.8, 4) is 0 Å². The van der Waals surface area contributed by atoms with E-state index in [4.69, 9.17) is 23.2 Å². The molecule has 0 saturated carbocycles. The number of halogens is 2. The van der Waals surface area contributed by atoms with Crippen molar-refractivity contribution >= 4 is 44.8 Å². The summed E-state index contributed by atoms with van der Waals surface area (Å²) in [5.41, 5.74) is 2.48. The number of sulfonamides is 1. The predicted octanol–water partition coefficient (Wildman–Crippen LogP) is 4.06. The van der Waals surface area contributed by atoms with E-state index in [1.54, 1.807) is 6.92 Å². The Balaban J connectivity index is 1.73. The normalized spacial score (nSPS) is 15.6. The van der Waals surface area contributed by atoms with Gasteiger partial charge < -0.3 is 5.32 Å². The third kappa shape index (κ3) is 6.13. The van der Waals surface area contributed by atoms with Crippen LogP contribution in [0.25, 0.3) is 0 Å². The molecule has 0 bridgehead atoms. The molecule has 0 unspecified atom stereocenters. The molecule has 6 nitrogen and oxygen atoms in total. The van der Waals surface area contributed by atoms with Crippen LogP contribution in [0.1, 0.15) is 30.9 Å². The maximum Gasteiger partial charge on any atom is 0.243 e. The molecule has 1 N–H and O–H groups in total. The molecular formula is C22H27Cl2N3O3S. The van der Waals surface area contributed by atoms with Crippen LogP contribution in [0, 0.1) is 0 Å². The minimum atomic E-state index is -3.73. The second-order valence-electron chi connectivity index (χ2n) is 7.80. The third-order valence-corrected chi connectivity index (χ3v) is 7.39. The Bertz CT molecular complexity index is 1040. The maximum atomic E-state index is 12.9. The monoisotopic (exact) mass is 483 g/mol. The molecule has 31 heavy (non-hydrogen) atoms. The van der Waals surface area contributed by atoms with E-state index in [-0.39, 0.29) is 10.7 Å². The molecule has 9 heteroatoms. The fraction of sp³-hybridized carbons (Fsp3) is 0.409. The van der Waals surface area contributed by atoms with Crippen molar-refractivity contribution < 1.29 is 13.2 Å². The lowest BCUT2D eigenvalue weighted by Gasteiger charge is -2.28. The lowest BCUT2D eigenvalue weighted by atomic mass is 10.1. The molecule has 1 heterocycles. The minimum absolute atomic E-state index is 0.219. The molecule has 2 aromatic carbocycles. The van der Waals surface area contributed by atoms with Gasteiger partial charge in [-0.3, -0.25) is 14.0 Å². The number of carbonyl (C=O) groups is 1. The van der Waals surface area contributed by atoms with Crippen molar-refractivity contribution in [3.63, 3.8) is 0 Å². The molecule has 3 rings (SSSR count). The lowest BCUT2D eigenvalue weighted by molar-refractivity contribution is -0.122. The molecule has 0 spiro atoms. The highest BCUT2D eigenvalue weighted by Gasteiger charge is 2.29. The smallest absolute Gasteiger partial charge is 0.243 e. The lowest BCUT2D eigenvalue weighted by Crippen LogP contribution is -2.47. The van der Waals surface area contributed by atoms with Gasteiger partial charge in [-0.25, -0.2) is 8.42 Å². The number of nitrogens with zero attached hydrogens (tertiary/aromatic N) is 2. The van der Waals surface area contributed by atoms with Gasteiger partial charge in [-0.1, -0.05) is 47.5 Å². The second-order valence-corrected chi connectivity index (χ2v) is 10.5. The van der Waals surface area contributed by atoms with E-state index < -0.39 is 22.0 Å². The Hall–Kier alpha value is -1.80. The van der Waals surface area contributed by atoms with Gasteiger partial charge in [0.2, 0.25) is 15.9 Å². The predicted molar refractivity (Wildman–Crippen MR) is 126 cm³/mol. The van der Waals surface area contributed by atoms with Gasteiger partial charge in [0.15, 0.2) is 0 Å². The molecule has 168 valence electrons. The molecule has 1 amide bonds. The van der Waals surface area contributed by atoms with E-state index in [9.17, 15) is 13.2 Å². The van der Waals surface area contributed by atoms with Crippen LogP contribution in [0.4, 0.5) is 5.69 Å². The highest BCUT2D eigenvalue weighted by molar-refractivity contribution is 7.92. The zero-order valence-electron chi connectivity index (χ0n) is 17.6. The van der Waals surface area contributed by atoms with Crippen LogP contribution in [-0.2, 0) is 27.9 Å². The van der Waals surface area contributed by atoms with Crippen LogP contribution in [0.3, 0.4) is 0 Å². The summed E-state index contributed by atoms with van der Waals surface area (Å²) in [6.45, 7) is 4.90. The minimum Gasteiger partial charge on any atom is -0.350 e. The van der Waals surface area contributed by atoms with Gasteiger partial charge in [-0.15, -0.1) is 0 Å². The van der Waals surface area contributed by atoms with Crippen molar-refractivity contribution in [2.24, 2.45) is 0 Å². The summed E-state index contributed by atoms with van der Waals surface area (Å²) >= 11 is 12.0. The number of hydrogen-bond donors (Lipinski definition) is 1. The average molecular weight is 484 g/mol. The molecule has 0 radical (unpaired) electrons. The van der Waals surface area contributed by atoms with Gasteiger partial charge in [0.05, 0.1) is 22.0 Å². The van der Waals surface area contributed by atoms with E-state index in [0.29, 0.717) is 11.6 Å². The van der Waals surface area contributed by atoms with Crippen molar-refractivity contribution in [1.29, 1.82) is 0 Å². The average Bonchev–Trinajstić information content (AvgIpc) is 3.22. The number of nitrogens with one attached hydrogen (secondary N) is 1. The summed E-state index contributed by atoms with van der Waals surface area (Å²) in [5, 5.41) is 3.42. The molecule has 1 saturated heterocycles. The first kappa shape index (κ1) is 23.9. The van der Waals surface area contributed by atoms with Crippen LogP contribution >= 0.6 is 23.2 Å². The summed E-state index contributed by atoms with van der Waals surface area (Å²) < 4.78 is 26.0. The molecule has 1 aliphatic rings. The fourth-order valence-electron chi connectivity index (χ4n) is 3.83. The quantitative estimate of drug-likeness (QED) is 0.614. The zero-order valence-corrected chi connectivity index (χ0v) is 20.0. The largest absolute Gasteiger partial charge is 0.350 e. The van der Waals surface area contributed by atoms with Crippen LogP contribution in [0.5, 0.6) is 0 Å². The molecule has 1 fully saturated rings. The number of likely N-dealkylation sites (tertiary alicyclic amines) is 1. The Morgan fingerprint density at radius 1 is 1.10 bits per heavy atom. The maximum absolute atomic E-state index is 12.9. The van der Waals surface area contributed by atoms with Crippen LogP contribution in [-0.4, -0.2) is 44.6 Å². The third-order valence-electron chi connectivity index (χ3n) is 5.41. The van der Waals surface area contributed by atoms with Gasteiger partial charge in [0.1, 0.15) is 6.04 Å². The SMILES string of the molecule is C[C@@H](C(=O)NCc1ccccc1CN1CCCC1)N(c1ccc(Cl)c(Cl)c1)S(C)(=O)=O. The molecule has 2 aromatic rings. The van der Waals surface area contributed by atoms with Gasteiger partial charge in [0.25, 0.3) is 0 Å². The Morgan fingerprint density at radius 3 is 2.35 bits per heavy atom. The van der Waals surface area contributed by atoms with E-state index in [0.717, 1.165) is 35.8 Å². The van der Waals surface area contributed by atoms with Crippen molar-refractivity contribution in [2.45, 2.75) is 38.9 Å². The fourth-order valence-corrected chi connectivity index (χ4v) is 5.29. The Labute approximate surface area is 194 Å². The van der Waals surface area contributed by atoms with Gasteiger partial charge in [-0.2, -0.15) is 0 Å². The van der Waals surface area contributed by atoms with Crippen molar-refractivity contribution in [1.82, 2.24) is 10.2 Å². The molecular weight excluding hydrogens is 457 g/mol. The van der Waals surface area contributed by atoms with Crippen molar-refractivity contribution in [2.75, 3.05) is 23.7 Å². The van der Waals surface area contributed by atoms with Crippen LogP contribution < -0.4 is 9.62 Å². The second kappa shape index (κ2) is 10.2. The van der Waals surface area contributed by atoms with Crippen molar-refractivity contribution in [3.05, 3.63) is 63.6 Å². The van der Waals surface area contributed by atoms with E-state index >= 15 is 0 Å². The number of hydrogen-bond acceptors (Lipinski definition) is 4. The van der Waals surface area contributed by atoms with E-state index in [1.165, 1.54) is 36.6 Å². The van der Waals surface area contributed by atoms with Gasteiger partial charge in [-0.05, 0) is 62.2 Å². The summed E-state index contributed by atoms with van der Waals surface area (Å²) in [7, 11) is -3.73. The van der Waals surface area contributed by atoms with Crippen LogP contribution in [0.2, 0.25) is 10.0 Å². The first-order valence-electron chi connectivity index (χ1n) is 10.2. The molecule has 0 aliphatic carbocycles. The summed E-state index contributed by atoms with van der Waals surface area (Å²) in [6.07, 6.45) is 3.49. The van der Waals surface area contributed by atoms with Gasteiger partial charge in [0, 0.05) is 13.1 Å². The van der Waals surface area contributed by atoms with Crippen LogP contribution in [0.15, 0.2) is 42.5 Å². The Morgan fingerprint density at radius 2 is 1.74 bits per heavy atom. The zero-order chi connectivity index (χ0) is 22.6. The Kier molecular flexibility index (Phi) is 7.86. The van der Waals surface area contributed by atoms with E-state index in [1.807, 2.05) is 18.2 Å². The summed E-state index contributed by atoms with van der Waals surface area (Å²) in [6, 6.07) is 11.5. The number of benzene rings is 2. The van der Waals surface area contributed by atoms with Gasteiger partial charge >= 0.3 is 0 Å². The first-order chi connectivity index (χ1) is 14.7. The first-order valence-corrected chi connectivity index (χ1v) is 12.8. The number of carbonyl (C=O) groups excluding carboxylic acids is 1. The summed E-state index contributed by atoms with van der Waals surface area (Å²) in [4.78, 5) is 15.3. The number of rotatable bonds is 8. The van der Waals surface area contributed by atoms with E-state index in [2.05, 4.69) is 16.3 Å². The molecule has 1 atom stereocenters. The highest BCUT2D eigenvalue weighted by atomic mass is 35.5. The standard InChI is InChI=1S/C22H27Cl2N3O3S/c1-16(27(31(2,29)30)19-9-10-20(23)21(24)13-19)22(28)25-14-17-7-3-4-8-18(17)15-26-11-5-6-12-26/h3-4,7-10,13,16H,5-6,11-12,14-15H2,1-2H3,(H,25,28)/t16-/m0/s1. The number of amides is 1. The highest BCUT2D eigenvalue weighted by Crippen LogP contribution is 2.29. The molecule has 0 aromatic heterocycles.